The molecule has 3 heterocycles. The Morgan fingerprint density at radius 2 is 1.74 bits per heavy atom. The summed E-state index contributed by atoms with van der Waals surface area (Å²) in [4.78, 5) is 35.8. The summed E-state index contributed by atoms with van der Waals surface area (Å²) in [6.45, 7) is 2.37. The van der Waals surface area contributed by atoms with E-state index in [0.717, 1.165) is 16.9 Å². The molecule has 0 radical (unpaired) electrons. The van der Waals surface area contributed by atoms with Crippen LogP contribution in [0.1, 0.15) is 17.5 Å². The van der Waals surface area contributed by atoms with Crippen molar-refractivity contribution in [3.05, 3.63) is 83.1 Å². The molecule has 3 amide bonds. The van der Waals surface area contributed by atoms with Crippen molar-refractivity contribution >= 4 is 29.2 Å². The number of carbonyl (C=O) groups is 2. The van der Waals surface area contributed by atoms with Crippen LogP contribution < -0.4 is 9.64 Å². The zero-order valence-electron chi connectivity index (χ0n) is 18.7. The lowest BCUT2D eigenvalue weighted by atomic mass is 10.1. The van der Waals surface area contributed by atoms with Crippen LogP contribution in [0, 0.1) is 0 Å². The first-order valence-electron chi connectivity index (χ1n) is 11.4. The van der Waals surface area contributed by atoms with Crippen LogP contribution >= 0.6 is 11.6 Å². The summed E-state index contributed by atoms with van der Waals surface area (Å²) < 4.78 is 6.11. The molecular weight excluding hydrogens is 452 g/mol. The van der Waals surface area contributed by atoms with E-state index in [1.165, 1.54) is 0 Å². The summed E-state index contributed by atoms with van der Waals surface area (Å²) in [5.41, 5.74) is 2.61. The van der Waals surface area contributed by atoms with Gasteiger partial charge in [-0.15, -0.1) is 0 Å². The molecule has 2 aromatic carbocycles. The number of urea groups is 1. The zero-order valence-corrected chi connectivity index (χ0v) is 19.4. The number of nitrogens with zero attached hydrogens (tertiary/aromatic N) is 4. The Morgan fingerprint density at radius 1 is 0.941 bits per heavy atom. The Morgan fingerprint density at radius 3 is 2.53 bits per heavy atom. The third-order valence-corrected chi connectivity index (χ3v) is 6.45. The number of carbonyl (C=O) groups excluding carboxylic acids is 2. The maximum atomic E-state index is 13.6. The molecule has 174 valence electrons. The maximum Gasteiger partial charge on any atom is 0.325 e. The first-order valence-corrected chi connectivity index (χ1v) is 11.7. The lowest BCUT2D eigenvalue weighted by Gasteiger charge is -2.37. The number of aryl methyl sites for hydroxylation is 1. The molecular formula is C26H25ClN4O3. The van der Waals surface area contributed by atoms with Crippen LogP contribution in [0.3, 0.4) is 0 Å². The largest absolute Gasteiger partial charge is 0.455 e. The molecule has 34 heavy (non-hydrogen) atoms. The van der Waals surface area contributed by atoms with Crippen LogP contribution in [-0.2, 0) is 17.8 Å². The van der Waals surface area contributed by atoms with Gasteiger partial charge in [-0.3, -0.25) is 14.7 Å². The van der Waals surface area contributed by atoms with Gasteiger partial charge in [0.1, 0.15) is 5.75 Å². The number of benzene rings is 2. The minimum atomic E-state index is -0.119. The van der Waals surface area contributed by atoms with E-state index >= 15 is 0 Å². The number of pyridine rings is 1. The Labute approximate surface area is 203 Å². The van der Waals surface area contributed by atoms with Gasteiger partial charge >= 0.3 is 6.03 Å². The van der Waals surface area contributed by atoms with Crippen LogP contribution in [0.5, 0.6) is 11.5 Å². The average molecular weight is 477 g/mol. The van der Waals surface area contributed by atoms with Gasteiger partial charge < -0.3 is 14.5 Å². The summed E-state index contributed by atoms with van der Waals surface area (Å²) in [6, 6.07) is 16.8. The fraction of sp³-hybridized carbons (Fsp3) is 0.269. The molecule has 0 saturated carbocycles. The van der Waals surface area contributed by atoms with Crippen molar-refractivity contribution in [2.45, 2.75) is 19.4 Å². The maximum absolute atomic E-state index is 13.6. The third kappa shape index (κ3) is 4.70. The van der Waals surface area contributed by atoms with E-state index in [9.17, 15) is 9.59 Å². The van der Waals surface area contributed by atoms with Crippen LogP contribution in [0.4, 0.5) is 10.5 Å². The second-order valence-electron chi connectivity index (χ2n) is 8.42. The van der Waals surface area contributed by atoms with Gasteiger partial charge in [0.2, 0.25) is 5.91 Å². The lowest BCUT2D eigenvalue weighted by molar-refractivity contribution is -0.132. The molecule has 0 atom stereocenters. The number of piperazine rings is 1. The van der Waals surface area contributed by atoms with E-state index in [4.69, 9.17) is 16.3 Å². The molecule has 2 aliphatic heterocycles. The number of amides is 3. The number of rotatable bonds is 3. The number of fused-ring (bicyclic) bond motifs is 2. The highest BCUT2D eigenvalue weighted by Crippen LogP contribution is 2.40. The van der Waals surface area contributed by atoms with E-state index < -0.39 is 0 Å². The monoisotopic (exact) mass is 476 g/mol. The van der Waals surface area contributed by atoms with Crippen molar-refractivity contribution in [2.75, 3.05) is 31.1 Å². The number of hydrogen-bond acceptors (Lipinski definition) is 4. The SMILES string of the molecule is O=C(CCc1cccnc1)N1CCN(C(=O)N2Cc3ccccc3Oc3ccc(Cl)cc32)CC1. The van der Waals surface area contributed by atoms with E-state index in [0.29, 0.717) is 62.0 Å². The summed E-state index contributed by atoms with van der Waals surface area (Å²) in [7, 11) is 0. The van der Waals surface area contributed by atoms with E-state index in [2.05, 4.69) is 4.98 Å². The Bertz CT molecular complexity index is 1200. The van der Waals surface area contributed by atoms with Gasteiger partial charge in [-0.05, 0) is 42.3 Å². The standard InChI is InChI=1S/C26H25ClN4O3/c27-21-8-9-24-22(16-21)31(18-20-5-1-2-6-23(20)34-24)26(33)30-14-12-29(13-15-30)25(32)10-7-19-4-3-11-28-17-19/h1-6,8-9,11,16-17H,7,10,12-15,18H2. The fourth-order valence-corrected chi connectivity index (χ4v) is 4.51. The first-order chi connectivity index (χ1) is 16.6. The molecule has 1 aromatic heterocycles. The van der Waals surface area contributed by atoms with Crippen molar-refractivity contribution in [3.8, 4) is 11.5 Å². The van der Waals surface area contributed by atoms with Gasteiger partial charge in [-0.25, -0.2) is 4.79 Å². The predicted molar refractivity (Wildman–Crippen MR) is 130 cm³/mol. The predicted octanol–water partition coefficient (Wildman–Crippen LogP) is 4.74. The molecule has 5 rings (SSSR count). The third-order valence-electron chi connectivity index (χ3n) is 6.22. The molecule has 1 fully saturated rings. The van der Waals surface area contributed by atoms with Gasteiger partial charge in [0.15, 0.2) is 5.75 Å². The van der Waals surface area contributed by atoms with Crippen molar-refractivity contribution in [2.24, 2.45) is 0 Å². The average Bonchev–Trinajstić information content (AvgIpc) is 3.04. The summed E-state index contributed by atoms with van der Waals surface area (Å²) in [5, 5.41) is 0.537. The molecule has 0 spiro atoms. The normalized spacial score (nSPS) is 15.1. The van der Waals surface area contributed by atoms with Crippen LogP contribution in [0.25, 0.3) is 0 Å². The number of ether oxygens (including phenoxy) is 1. The minimum Gasteiger partial charge on any atom is -0.455 e. The smallest absolute Gasteiger partial charge is 0.325 e. The molecule has 2 aliphatic rings. The lowest BCUT2D eigenvalue weighted by Crippen LogP contribution is -2.54. The van der Waals surface area contributed by atoms with Gasteiger partial charge in [0.05, 0.1) is 12.2 Å². The van der Waals surface area contributed by atoms with Gasteiger partial charge in [-0.2, -0.15) is 0 Å². The zero-order chi connectivity index (χ0) is 23.5. The topological polar surface area (TPSA) is 66.0 Å². The molecule has 0 N–H and O–H groups in total. The van der Waals surface area contributed by atoms with E-state index in [1.807, 2.05) is 41.3 Å². The second kappa shape index (κ2) is 9.73. The Kier molecular flexibility index (Phi) is 6.36. The highest BCUT2D eigenvalue weighted by atomic mass is 35.5. The highest BCUT2D eigenvalue weighted by molar-refractivity contribution is 6.31. The number of para-hydroxylation sites is 1. The molecule has 0 bridgehead atoms. The number of aromatic nitrogens is 1. The van der Waals surface area contributed by atoms with Crippen molar-refractivity contribution < 1.29 is 14.3 Å². The van der Waals surface area contributed by atoms with Gasteiger partial charge in [0, 0.05) is 55.6 Å². The van der Waals surface area contributed by atoms with Crippen molar-refractivity contribution in [3.63, 3.8) is 0 Å². The number of halogens is 1. The minimum absolute atomic E-state index is 0.102. The quantitative estimate of drug-likeness (QED) is 0.547. The molecule has 0 unspecified atom stereocenters. The molecule has 7 nitrogen and oxygen atoms in total. The second-order valence-corrected chi connectivity index (χ2v) is 8.86. The summed E-state index contributed by atoms with van der Waals surface area (Å²) in [6.07, 6.45) is 4.61. The molecule has 1 saturated heterocycles. The van der Waals surface area contributed by atoms with Crippen LogP contribution in [0.2, 0.25) is 5.02 Å². The van der Waals surface area contributed by atoms with E-state index in [-0.39, 0.29) is 11.9 Å². The van der Waals surface area contributed by atoms with E-state index in [1.54, 1.807) is 40.4 Å². The van der Waals surface area contributed by atoms with Gasteiger partial charge in [0.25, 0.3) is 0 Å². The molecule has 3 aromatic rings. The Balaban J connectivity index is 1.27. The summed E-state index contributed by atoms with van der Waals surface area (Å²) in [5.74, 6) is 1.42. The van der Waals surface area contributed by atoms with Crippen LogP contribution in [0.15, 0.2) is 67.0 Å². The highest BCUT2D eigenvalue weighted by Gasteiger charge is 2.31. The summed E-state index contributed by atoms with van der Waals surface area (Å²) >= 11 is 6.27. The number of hydrogen-bond donors (Lipinski definition) is 0. The first kappa shape index (κ1) is 22.2. The van der Waals surface area contributed by atoms with Crippen molar-refractivity contribution in [1.82, 2.24) is 14.8 Å². The number of anilines is 1. The Hall–Kier alpha value is -3.58. The fourth-order valence-electron chi connectivity index (χ4n) is 4.34. The molecule has 0 aliphatic carbocycles. The van der Waals surface area contributed by atoms with Gasteiger partial charge in [-0.1, -0.05) is 35.9 Å². The van der Waals surface area contributed by atoms with Crippen molar-refractivity contribution in [1.29, 1.82) is 0 Å². The van der Waals surface area contributed by atoms with Crippen LogP contribution in [-0.4, -0.2) is 52.9 Å². The molecule has 8 heteroatoms.